The normalized spacial score (nSPS) is 25.0. The number of carbonyl (C=O) groups is 1. The lowest BCUT2D eigenvalue weighted by atomic mass is 9.97. The second-order valence-corrected chi connectivity index (χ2v) is 9.21. The van der Waals surface area contributed by atoms with E-state index < -0.39 is 9.84 Å². The summed E-state index contributed by atoms with van der Waals surface area (Å²) in [6, 6.07) is 5.18. The number of allylic oxidation sites excluding steroid dienone is 1. The average molecular weight is 379 g/mol. The molecule has 142 valence electrons. The number of nitrogens with zero attached hydrogens (tertiary/aromatic N) is 1. The smallest absolute Gasteiger partial charge is 0.415 e. The van der Waals surface area contributed by atoms with E-state index >= 15 is 0 Å². The second-order valence-electron chi connectivity index (χ2n) is 7.20. The van der Waals surface area contributed by atoms with Crippen LogP contribution in [0.3, 0.4) is 0 Å². The van der Waals surface area contributed by atoms with Gasteiger partial charge < -0.3 is 20.7 Å². The number of nitrogens with two attached hydrogens (primary N) is 1. The summed E-state index contributed by atoms with van der Waals surface area (Å²) < 4.78 is 28.4. The van der Waals surface area contributed by atoms with E-state index in [0.29, 0.717) is 11.4 Å². The van der Waals surface area contributed by atoms with Crippen LogP contribution in [0.15, 0.2) is 35.4 Å². The zero-order valence-corrected chi connectivity index (χ0v) is 15.9. The van der Waals surface area contributed by atoms with E-state index in [1.54, 1.807) is 19.1 Å². The van der Waals surface area contributed by atoms with Gasteiger partial charge in [0.15, 0.2) is 9.84 Å². The Morgan fingerprint density at radius 3 is 2.42 bits per heavy atom. The van der Waals surface area contributed by atoms with Crippen molar-refractivity contribution in [3.63, 3.8) is 0 Å². The minimum atomic E-state index is -3.28. The summed E-state index contributed by atoms with van der Waals surface area (Å²) in [5, 5.41) is 3.41. The standard InChI is InChI=1S/C18H25N3O4S/c1-11(2)25-18(22)21-13-4-5-14(21)9-12(8-13)20-17-7-6-15(10-16(17)19)26(3,23)24/h6-7,10,12-14,20H,1,4-5,8-9,19H2,2-3H3/t12?,13-,14+. The molecule has 0 radical (unpaired) electrons. The molecule has 1 aromatic carbocycles. The molecule has 3 N–H and O–H groups in total. The lowest BCUT2D eigenvalue weighted by Crippen LogP contribution is -2.49. The molecule has 2 bridgehead atoms. The summed E-state index contributed by atoms with van der Waals surface area (Å²) in [6.07, 6.45) is 4.35. The van der Waals surface area contributed by atoms with Crippen molar-refractivity contribution in [2.45, 2.75) is 55.6 Å². The van der Waals surface area contributed by atoms with E-state index in [9.17, 15) is 13.2 Å². The summed E-state index contributed by atoms with van der Waals surface area (Å²) in [5.74, 6) is 0.397. The van der Waals surface area contributed by atoms with Crippen molar-refractivity contribution in [2.75, 3.05) is 17.3 Å². The van der Waals surface area contributed by atoms with Gasteiger partial charge in [-0.25, -0.2) is 13.2 Å². The number of fused-ring (bicyclic) bond motifs is 2. The molecule has 2 heterocycles. The number of ether oxygens (including phenoxy) is 1. The summed E-state index contributed by atoms with van der Waals surface area (Å²) in [5.41, 5.74) is 7.16. The third-order valence-electron chi connectivity index (χ3n) is 5.02. The first-order valence-corrected chi connectivity index (χ1v) is 10.6. The highest BCUT2D eigenvalue weighted by molar-refractivity contribution is 7.90. The Morgan fingerprint density at radius 1 is 1.31 bits per heavy atom. The van der Waals surface area contributed by atoms with E-state index in [-0.39, 0.29) is 29.1 Å². The molecule has 1 unspecified atom stereocenters. The molecular weight excluding hydrogens is 354 g/mol. The maximum absolute atomic E-state index is 12.3. The molecule has 26 heavy (non-hydrogen) atoms. The van der Waals surface area contributed by atoms with E-state index in [4.69, 9.17) is 10.5 Å². The molecule has 7 nitrogen and oxygen atoms in total. The molecule has 0 aromatic heterocycles. The zero-order chi connectivity index (χ0) is 19.1. The Kier molecular flexibility index (Phi) is 4.88. The van der Waals surface area contributed by atoms with Crippen LogP contribution in [-0.2, 0) is 14.6 Å². The van der Waals surface area contributed by atoms with Crippen molar-refractivity contribution < 1.29 is 17.9 Å². The molecule has 1 aromatic rings. The molecule has 2 saturated heterocycles. The number of carbonyl (C=O) groups excluding carboxylic acids is 1. The summed E-state index contributed by atoms with van der Waals surface area (Å²) in [7, 11) is -3.28. The molecule has 0 aliphatic carbocycles. The Balaban J connectivity index is 1.69. The number of anilines is 2. The molecule has 2 fully saturated rings. The number of benzene rings is 1. The predicted molar refractivity (Wildman–Crippen MR) is 101 cm³/mol. The highest BCUT2D eigenvalue weighted by atomic mass is 32.2. The molecule has 0 spiro atoms. The molecule has 1 amide bonds. The van der Waals surface area contributed by atoms with Crippen molar-refractivity contribution in [1.82, 2.24) is 4.90 Å². The largest absolute Gasteiger partial charge is 0.416 e. The second kappa shape index (κ2) is 6.83. The highest BCUT2D eigenvalue weighted by Gasteiger charge is 2.44. The molecule has 2 aliphatic rings. The molecule has 0 saturated carbocycles. The fourth-order valence-corrected chi connectivity index (χ4v) is 4.57. The Hall–Kier alpha value is -2.22. The average Bonchev–Trinajstić information content (AvgIpc) is 2.79. The van der Waals surface area contributed by atoms with Crippen molar-refractivity contribution in [3.8, 4) is 0 Å². The van der Waals surface area contributed by atoms with E-state index in [1.807, 2.05) is 4.90 Å². The van der Waals surface area contributed by atoms with Crippen LogP contribution in [0.2, 0.25) is 0 Å². The Bertz CT molecular complexity index is 823. The lowest BCUT2D eigenvalue weighted by Gasteiger charge is -2.38. The van der Waals surface area contributed by atoms with Crippen LogP contribution < -0.4 is 11.1 Å². The van der Waals surface area contributed by atoms with E-state index in [0.717, 1.165) is 37.6 Å². The van der Waals surface area contributed by atoms with Gasteiger partial charge in [0.05, 0.1) is 22.0 Å². The van der Waals surface area contributed by atoms with Crippen molar-refractivity contribution in [3.05, 3.63) is 30.5 Å². The number of piperidine rings is 1. The number of hydrogen-bond donors (Lipinski definition) is 2. The quantitative estimate of drug-likeness (QED) is 0.616. The molecule has 3 atom stereocenters. The minimum absolute atomic E-state index is 0.134. The van der Waals surface area contributed by atoms with Gasteiger partial charge in [0, 0.05) is 24.4 Å². The van der Waals surface area contributed by atoms with Crippen molar-refractivity contribution in [2.24, 2.45) is 0 Å². The fourth-order valence-electron chi connectivity index (χ4n) is 3.92. The molecule has 2 aliphatic heterocycles. The van der Waals surface area contributed by atoms with Gasteiger partial charge in [0.1, 0.15) is 0 Å². The van der Waals surface area contributed by atoms with Gasteiger partial charge in [-0.1, -0.05) is 6.58 Å². The van der Waals surface area contributed by atoms with Gasteiger partial charge in [-0.3, -0.25) is 0 Å². The van der Waals surface area contributed by atoms with Gasteiger partial charge in [-0.05, 0) is 50.8 Å². The number of nitrogens with one attached hydrogen (secondary N) is 1. The van der Waals surface area contributed by atoms with Crippen molar-refractivity contribution >= 4 is 27.3 Å². The van der Waals surface area contributed by atoms with Gasteiger partial charge in [-0.15, -0.1) is 0 Å². The van der Waals surface area contributed by atoms with Crippen LogP contribution in [0, 0.1) is 0 Å². The highest BCUT2D eigenvalue weighted by Crippen LogP contribution is 2.38. The van der Waals surface area contributed by atoms with Crippen molar-refractivity contribution in [1.29, 1.82) is 0 Å². The van der Waals surface area contributed by atoms with E-state index in [2.05, 4.69) is 11.9 Å². The Morgan fingerprint density at radius 2 is 1.92 bits per heavy atom. The number of sulfone groups is 1. The SMILES string of the molecule is C=C(C)OC(=O)N1[C@@H]2CC[C@H]1CC(Nc1ccc(S(C)(=O)=O)cc1N)C2. The third-order valence-corrected chi connectivity index (χ3v) is 6.13. The number of rotatable bonds is 4. The van der Waals surface area contributed by atoms with E-state index in [1.165, 1.54) is 6.07 Å². The summed E-state index contributed by atoms with van der Waals surface area (Å²) >= 11 is 0. The first-order chi connectivity index (χ1) is 12.1. The summed E-state index contributed by atoms with van der Waals surface area (Å²) in [4.78, 5) is 14.3. The van der Waals surface area contributed by atoms with Gasteiger partial charge >= 0.3 is 6.09 Å². The first kappa shape index (κ1) is 18.6. The number of nitrogen functional groups attached to an aromatic ring is 1. The molecular formula is C18H25N3O4S. The molecule has 8 heteroatoms. The van der Waals surface area contributed by atoms with Crippen LogP contribution in [0.25, 0.3) is 0 Å². The predicted octanol–water partition coefficient (Wildman–Crippen LogP) is 2.75. The minimum Gasteiger partial charge on any atom is -0.416 e. The van der Waals surface area contributed by atoms with Crippen LogP contribution in [0.1, 0.15) is 32.6 Å². The van der Waals surface area contributed by atoms with Crippen LogP contribution >= 0.6 is 0 Å². The van der Waals surface area contributed by atoms with Gasteiger partial charge in [0.25, 0.3) is 0 Å². The van der Waals surface area contributed by atoms with Gasteiger partial charge in [-0.2, -0.15) is 0 Å². The zero-order valence-electron chi connectivity index (χ0n) is 15.1. The van der Waals surface area contributed by atoms with Crippen LogP contribution in [0.4, 0.5) is 16.2 Å². The maximum Gasteiger partial charge on any atom is 0.415 e. The number of hydrogen-bond acceptors (Lipinski definition) is 6. The van der Waals surface area contributed by atoms with Gasteiger partial charge in [0.2, 0.25) is 0 Å². The topological polar surface area (TPSA) is 102 Å². The number of amides is 1. The lowest BCUT2D eigenvalue weighted by molar-refractivity contribution is 0.0876. The first-order valence-electron chi connectivity index (χ1n) is 8.67. The monoisotopic (exact) mass is 379 g/mol. The summed E-state index contributed by atoms with van der Waals surface area (Å²) in [6.45, 7) is 5.29. The fraction of sp³-hybridized carbons (Fsp3) is 0.500. The maximum atomic E-state index is 12.3. The third kappa shape index (κ3) is 3.80. The van der Waals surface area contributed by atoms with Crippen LogP contribution in [-0.4, -0.2) is 43.8 Å². The Labute approximate surface area is 154 Å². The van der Waals surface area contributed by atoms with Crippen LogP contribution in [0.5, 0.6) is 0 Å². The molecule has 3 rings (SSSR count).